The zero-order valence-corrected chi connectivity index (χ0v) is 13.1. The number of aromatic amines is 1. The number of hydrogen-bond donors (Lipinski definition) is 1. The van der Waals surface area contributed by atoms with Crippen LogP contribution in [-0.4, -0.2) is 40.5 Å². The number of rotatable bonds is 4. The average molecular weight is 317 g/mol. The van der Waals surface area contributed by atoms with E-state index in [2.05, 4.69) is 9.97 Å². The molecule has 1 aliphatic heterocycles. The zero-order valence-electron chi connectivity index (χ0n) is 13.1. The molecule has 0 bridgehead atoms. The summed E-state index contributed by atoms with van der Waals surface area (Å²) >= 11 is 0. The Labute approximate surface area is 134 Å². The summed E-state index contributed by atoms with van der Waals surface area (Å²) in [5.41, 5.74) is 1.52. The summed E-state index contributed by atoms with van der Waals surface area (Å²) in [6.45, 7) is 3.39. The second kappa shape index (κ2) is 6.91. The van der Waals surface area contributed by atoms with Gasteiger partial charge in [0.1, 0.15) is 17.7 Å². The van der Waals surface area contributed by atoms with E-state index < -0.39 is 0 Å². The van der Waals surface area contributed by atoms with Crippen LogP contribution in [0.5, 0.6) is 0 Å². The number of benzene rings is 1. The standard InChI is InChI=1S/C17H20FN3O2/c1-12-10-19-17(20-12)15-11-23-9-8-21(15)16(22)7-6-13-4-2-3-5-14(13)18/h2-5,10,15H,6-9,11H2,1H3,(H,19,20). The Hall–Kier alpha value is -2.21. The zero-order chi connectivity index (χ0) is 16.2. The Bertz CT molecular complexity index is 686. The molecule has 1 fully saturated rings. The molecule has 2 heterocycles. The third-order valence-electron chi connectivity index (χ3n) is 4.05. The van der Waals surface area contributed by atoms with Crippen LogP contribution in [0.4, 0.5) is 4.39 Å². The Balaban J connectivity index is 1.68. The third kappa shape index (κ3) is 3.59. The van der Waals surface area contributed by atoms with Crippen molar-refractivity contribution in [3.63, 3.8) is 0 Å². The van der Waals surface area contributed by atoms with Crippen LogP contribution >= 0.6 is 0 Å². The number of carbonyl (C=O) groups is 1. The summed E-state index contributed by atoms with van der Waals surface area (Å²) in [5.74, 6) is 0.470. The summed E-state index contributed by atoms with van der Waals surface area (Å²) in [6, 6.07) is 6.37. The Kier molecular flexibility index (Phi) is 4.71. The Morgan fingerprint density at radius 2 is 2.30 bits per heavy atom. The van der Waals surface area contributed by atoms with Crippen LogP contribution in [0.3, 0.4) is 0 Å². The molecule has 23 heavy (non-hydrogen) atoms. The number of imidazole rings is 1. The molecule has 122 valence electrons. The number of aryl methyl sites for hydroxylation is 2. The number of nitrogens with one attached hydrogen (secondary N) is 1. The average Bonchev–Trinajstić information content (AvgIpc) is 3.00. The summed E-state index contributed by atoms with van der Waals surface area (Å²) in [4.78, 5) is 21.8. The monoisotopic (exact) mass is 317 g/mol. The molecule has 5 nitrogen and oxygen atoms in total. The van der Waals surface area contributed by atoms with E-state index in [1.165, 1.54) is 6.07 Å². The number of hydrogen-bond acceptors (Lipinski definition) is 3. The molecule has 0 radical (unpaired) electrons. The molecule has 6 heteroatoms. The van der Waals surface area contributed by atoms with Crippen LogP contribution in [0, 0.1) is 12.7 Å². The molecule has 2 aromatic rings. The number of halogens is 1. The predicted molar refractivity (Wildman–Crippen MR) is 83.3 cm³/mol. The molecular weight excluding hydrogens is 297 g/mol. The van der Waals surface area contributed by atoms with Crippen molar-refractivity contribution in [3.05, 3.63) is 53.4 Å². The van der Waals surface area contributed by atoms with Crippen molar-refractivity contribution < 1.29 is 13.9 Å². The lowest BCUT2D eigenvalue weighted by molar-refractivity contribution is -0.140. The smallest absolute Gasteiger partial charge is 0.223 e. The first kappa shape index (κ1) is 15.7. The molecule has 1 aromatic heterocycles. The minimum Gasteiger partial charge on any atom is -0.377 e. The van der Waals surface area contributed by atoms with Gasteiger partial charge in [-0.15, -0.1) is 0 Å². The largest absolute Gasteiger partial charge is 0.377 e. The summed E-state index contributed by atoms with van der Waals surface area (Å²) < 4.78 is 19.2. The third-order valence-corrected chi connectivity index (χ3v) is 4.05. The molecule has 1 N–H and O–H groups in total. The first-order valence-corrected chi connectivity index (χ1v) is 7.77. The number of ether oxygens (including phenoxy) is 1. The number of amides is 1. The first-order valence-electron chi connectivity index (χ1n) is 7.77. The van der Waals surface area contributed by atoms with Crippen LogP contribution in [0.15, 0.2) is 30.5 Å². The topological polar surface area (TPSA) is 58.2 Å². The number of aromatic nitrogens is 2. The van der Waals surface area contributed by atoms with E-state index in [-0.39, 0.29) is 24.2 Å². The fourth-order valence-corrected chi connectivity index (χ4v) is 2.82. The number of H-pyrrole nitrogens is 1. The summed E-state index contributed by atoms with van der Waals surface area (Å²) in [6.07, 6.45) is 2.41. The van der Waals surface area contributed by atoms with Gasteiger partial charge in [0, 0.05) is 24.9 Å². The van der Waals surface area contributed by atoms with Crippen molar-refractivity contribution in [2.45, 2.75) is 25.8 Å². The van der Waals surface area contributed by atoms with E-state index in [4.69, 9.17) is 4.74 Å². The van der Waals surface area contributed by atoms with Crippen molar-refractivity contribution >= 4 is 5.91 Å². The lowest BCUT2D eigenvalue weighted by atomic mass is 10.1. The van der Waals surface area contributed by atoms with Gasteiger partial charge in [0.25, 0.3) is 0 Å². The summed E-state index contributed by atoms with van der Waals surface area (Å²) in [5, 5.41) is 0. The summed E-state index contributed by atoms with van der Waals surface area (Å²) in [7, 11) is 0. The van der Waals surface area contributed by atoms with E-state index in [0.717, 1.165) is 11.5 Å². The van der Waals surface area contributed by atoms with Crippen LogP contribution < -0.4 is 0 Å². The SMILES string of the molecule is Cc1cnc(C2COCCN2C(=O)CCc2ccccc2F)[nH]1. The van der Waals surface area contributed by atoms with Gasteiger partial charge < -0.3 is 14.6 Å². The fraction of sp³-hybridized carbons (Fsp3) is 0.412. The van der Waals surface area contributed by atoms with Gasteiger partial charge in [0.15, 0.2) is 0 Å². The van der Waals surface area contributed by atoms with E-state index >= 15 is 0 Å². The first-order chi connectivity index (χ1) is 11.1. The van der Waals surface area contributed by atoms with E-state index in [1.54, 1.807) is 29.3 Å². The van der Waals surface area contributed by atoms with Gasteiger partial charge in [0.05, 0.1) is 13.2 Å². The van der Waals surface area contributed by atoms with Crippen LogP contribution in [0.2, 0.25) is 0 Å². The molecule has 1 amide bonds. The maximum atomic E-state index is 13.7. The molecular formula is C17H20FN3O2. The van der Waals surface area contributed by atoms with Gasteiger partial charge in [-0.25, -0.2) is 9.37 Å². The highest BCUT2D eigenvalue weighted by Gasteiger charge is 2.30. The molecule has 1 saturated heterocycles. The van der Waals surface area contributed by atoms with E-state index in [9.17, 15) is 9.18 Å². The lowest BCUT2D eigenvalue weighted by Gasteiger charge is -2.34. The molecule has 1 aromatic carbocycles. The van der Waals surface area contributed by atoms with Gasteiger partial charge in [0.2, 0.25) is 5.91 Å². The molecule has 3 rings (SSSR count). The van der Waals surface area contributed by atoms with E-state index in [1.807, 2.05) is 6.92 Å². The van der Waals surface area contributed by atoms with Crippen molar-refractivity contribution in [1.82, 2.24) is 14.9 Å². The van der Waals surface area contributed by atoms with Crippen molar-refractivity contribution in [3.8, 4) is 0 Å². The normalized spacial score (nSPS) is 18.2. The van der Waals surface area contributed by atoms with Crippen LogP contribution in [0.1, 0.15) is 29.5 Å². The minimum atomic E-state index is -0.263. The second-order valence-electron chi connectivity index (χ2n) is 5.72. The number of carbonyl (C=O) groups excluding carboxylic acids is 1. The predicted octanol–water partition coefficient (Wildman–Crippen LogP) is 2.39. The van der Waals surface area contributed by atoms with Crippen molar-refractivity contribution in [1.29, 1.82) is 0 Å². The molecule has 0 aliphatic carbocycles. The highest BCUT2D eigenvalue weighted by Crippen LogP contribution is 2.23. The molecule has 0 saturated carbocycles. The van der Waals surface area contributed by atoms with Crippen LogP contribution in [-0.2, 0) is 16.0 Å². The second-order valence-corrected chi connectivity index (χ2v) is 5.72. The van der Waals surface area contributed by atoms with Crippen molar-refractivity contribution in [2.75, 3.05) is 19.8 Å². The van der Waals surface area contributed by atoms with Crippen molar-refractivity contribution in [2.24, 2.45) is 0 Å². The van der Waals surface area contributed by atoms with Gasteiger partial charge in [-0.3, -0.25) is 4.79 Å². The number of morpholine rings is 1. The molecule has 0 spiro atoms. The lowest BCUT2D eigenvalue weighted by Crippen LogP contribution is -2.44. The van der Waals surface area contributed by atoms with Gasteiger partial charge in [-0.05, 0) is 25.0 Å². The van der Waals surface area contributed by atoms with Gasteiger partial charge in [-0.2, -0.15) is 0 Å². The van der Waals surface area contributed by atoms with Crippen LogP contribution in [0.25, 0.3) is 0 Å². The highest BCUT2D eigenvalue weighted by atomic mass is 19.1. The van der Waals surface area contributed by atoms with E-state index in [0.29, 0.717) is 31.7 Å². The molecule has 1 aliphatic rings. The molecule has 1 unspecified atom stereocenters. The Morgan fingerprint density at radius 1 is 1.48 bits per heavy atom. The minimum absolute atomic E-state index is 0.00407. The number of nitrogens with zero attached hydrogens (tertiary/aromatic N) is 2. The highest BCUT2D eigenvalue weighted by molar-refractivity contribution is 5.77. The maximum absolute atomic E-state index is 13.7. The quantitative estimate of drug-likeness (QED) is 0.942. The maximum Gasteiger partial charge on any atom is 0.223 e. The fourth-order valence-electron chi connectivity index (χ4n) is 2.82. The van der Waals surface area contributed by atoms with Gasteiger partial charge in [-0.1, -0.05) is 18.2 Å². The molecule has 1 atom stereocenters. The Morgan fingerprint density at radius 3 is 3.04 bits per heavy atom. The van der Waals surface area contributed by atoms with Gasteiger partial charge >= 0.3 is 0 Å².